The Kier molecular flexibility index (Phi) is 7.28. The molecule has 3 rings (SSSR count). The minimum absolute atomic E-state index is 0.0802. The van der Waals surface area contributed by atoms with E-state index in [4.69, 9.17) is 0 Å². The fourth-order valence-electron chi connectivity index (χ4n) is 3.12. The third-order valence-electron chi connectivity index (χ3n) is 5.21. The molecule has 1 heterocycles. The first-order valence-electron chi connectivity index (χ1n) is 10.2. The van der Waals surface area contributed by atoms with E-state index in [1.54, 1.807) is 12.1 Å². The summed E-state index contributed by atoms with van der Waals surface area (Å²) in [6.07, 6.45) is 2.53. The first kappa shape index (κ1) is 23.2. The van der Waals surface area contributed by atoms with Crippen LogP contribution in [0.25, 0.3) is 0 Å². The predicted octanol–water partition coefficient (Wildman–Crippen LogP) is 5.24. The van der Waals surface area contributed by atoms with Gasteiger partial charge in [-0.3, -0.25) is 0 Å². The summed E-state index contributed by atoms with van der Waals surface area (Å²) in [7, 11) is -1.40. The van der Waals surface area contributed by atoms with Crippen LogP contribution in [0.5, 0.6) is 0 Å². The van der Waals surface area contributed by atoms with Gasteiger partial charge in [0.2, 0.25) is 0 Å². The molecular weight excluding hydrogens is 426 g/mol. The molecule has 0 unspecified atom stereocenters. The molecule has 0 aliphatic heterocycles. The maximum atomic E-state index is 12.7. The quantitative estimate of drug-likeness (QED) is 0.344. The first-order valence-corrected chi connectivity index (χ1v) is 12.8. The Morgan fingerprint density at radius 3 is 2.48 bits per heavy atom. The predicted molar refractivity (Wildman–Crippen MR) is 129 cm³/mol. The molecule has 5 nitrogen and oxygen atoms in total. The molecule has 0 saturated heterocycles. The Hall–Kier alpha value is -2.51. The lowest BCUT2D eigenvalue weighted by Crippen LogP contribution is -2.14. The van der Waals surface area contributed by atoms with Crippen LogP contribution in [0, 0.1) is 20.8 Å². The van der Waals surface area contributed by atoms with Gasteiger partial charge in [0.05, 0.1) is 33.4 Å². The zero-order valence-electron chi connectivity index (χ0n) is 18.7. The highest BCUT2D eigenvalue weighted by atomic mass is 32.2. The third kappa shape index (κ3) is 6.02. The van der Waals surface area contributed by atoms with E-state index in [1.165, 1.54) is 16.9 Å². The van der Waals surface area contributed by atoms with Crippen LogP contribution in [-0.4, -0.2) is 38.2 Å². The topological polar surface area (TPSA) is 62.6 Å². The zero-order valence-corrected chi connectivity index (χ0v) is 20.3. The van der Waals surface area contributed by atoms with E-state index < -0.39 is 9.84 Å². The summed E-state index contributed by atoms with van der Waals surface area (Å²) in [5, 5.41) is 2.77. The van der Waals surface area contributed by atoms with E-state index in [2.05, 4.69) is 42.9 Å². The lowest BCUT2D eigenvalue weighted by Gasteiger charge is -2.11. The monoisotopic (exact) mass is 455 g/mol. The van der Waals surface area contributed by atoms with Gasteiger partial charge in [-0.15, -0.1) is 11.3 Å². The van der Waals surface area contributed by atoms with Crippen LogP contribution in [0.1, 0.15) is 39.9 Å². The molecule has 0 aliphatic rings. The number of benzene rings is 2. The summed E-state index contributed by atoms with van der Waals surface area (Å²) in [5.74, 6) is -0.0802. The molecule has 0 radical (unpaired) electrons. The summed E-state index contributed by atoms with van der Waals surface area (Å²) in [6, 6.07) is 11.2. The number of aromatic nitrogens is 1. The molecule has 0 aliphatic carbocycles. The molecule has 0 spiro atoms. The molecule has 1 aromatic heterocycles. The number of aliphatic imine (C=N–C) groups is 1. The van der Waals surface area contributed by atoms with Gasteiger partial charge in [0.25, 0.3) is 0 Å². The first-order chi connectivity index (χ1) is 14.7. The van der Waals surface area contributed by atoms with E-state index in [9.17, 15) is 8.42 Å². The van der Waals surface area contributed by atoms with Crippen molar-refractivity contribution in [3.05, 3.63) is 74.7 Å². The van der Waals surface area contributed by atoms with Crippen molar-refractivity contribution in [2.24, 2.45) is 4.99 Å². The number of thiazole rings is 1. The van der Waals surface area contributed by atoms with Gasteiger partial charge in [-0.05, 0) is 62.6 Å². The average Bonchev–Trinajstić information content (AvgIpc) is 3.15. The number of nitrogens with zero attached hydrogens (tertiary/aromatic N) is 3. The Morgan fingerprint density at radius 1 is 1.10 bits per heavy atom. The largest absolute Gasteiger partial charge is 0.366 e. The fraction of sp³-hybridized carbons (Fsp3) is 0.333. The Balaban J connectivity index is 1.74. The van der Waals surface area contributed by atoms with Crippen LogP contribution < -0.4 is 0 Å². The van der Waals surface area contributed by atoms with Gasteiger partial charge in [-0.25, -0.2) is 18.4 Å². The van der Waals surface area contributed by atoms with Crippen molar-refractivity contribution >= 4 is 33.2 Å². The van der Waals surface area contributed by atoms with Crippen molar-refractivity contribution in [1.29, 1.82) is 0 Å². The SMILES string of the molecule is CCN(C)/C=N/c1cc(C)c(Cc2nc(CS(=O)(=O)c3ccc(C)cc3)cs2)cc1C. The van der Waals surface area contributed by atoms with Gasteiger partial charge in [0, 0.05) is 25.4 Å². The maximum absolute atomic E-state index is 12.7. The van der Waals surface area contributed by atoms with E-state index >= 15 is 0 Å². The second kappa shape index (κ2) is 9.75. The molecule has 3 aromatic rings. The molecule has 31 heavy (non-hydrogen) atoms. The second-order valence-electron chi connectivity index (χ2n) is 7.86. The molecule has 0 fully saturated rings. The fourth-order valence-corrected chi connectivity index (χ4v) is 5.29. The number of hydrogen-bond donors (Lipinski definition) is 0. The molecule has 0 atom stereocenters. The highest BCUT2D eigenvalue weighted by Gasteiger charge is 2.17. The molecule has 0 bridgehead atoms. The highest BCUT2D eigenvalue weighted by Crippen LogP contribution is 2.26. The molecule has 0 N–H and O–H groups in total. The summed E-state index contributed by atoms with van der Waals surface area (Å²) in [5.41, 5.74) is 6.04. The van der Waals surface area contributed by atoms with Crippen molar-refractivity contribution < 1.29 is 8.42 Å². The van der Waals surface area contributed by atoms with Gasteiger partial charge in [-0.2, -0.15) is 0 Å². The smallest absolute Gasteiger partial charge is 0.184 e. The van der Waals surface area contributed by atoms with Crippen LogP contribution in [-0.2, 0) is 22.0 Å². The lowest BCUT2D eigenvalue weighted by atomic mass is 10.0. The van der Waals surface area contributed by atoms with Gasteiger partial charge in [-0.1, -0.05) is 23.8 Å². The highest BCUT2D eigenvalue weighted by molar-refractivity contribution is 7.90. The van der Waals surface area contributed by atoms with Gasteiger partial charge >= 0.3 is 0 Å². The molecule has 7 heteroatoms. The number of rotatable bonds is 8. The van der Waals surface area contributed by atoms with E-state index in [0.29, 0.717) is 17.0 Å². The zero-order chi connectivity index (χ0) is 22.6. The maximum Gasteiger partial charge on any atom is 0.184 e. The van der Waals surface area contributed by atoms with Gasteiger partial charge in [0.15, 0.2) is 9.84 Å². The second-order valence-corrected chi connectivity index (χ2v) is 10.8. The van der Waals surface area contributed by atoms with Crippen LogP contribution in [0.2, 0.25) is 0 Å². The van der Waals surface area contributed by atoms with E-state index in [-0.39, 0.29) is 5.75 Å². The van der Waals surface area contributed by atoms with Crippen LogP contribution in [0.15, 0.2) is 51.7 Å². The molecule has 0 saturated carbocycles. The Morgan fingerprint density at radius 2 is 1.81 bits per heavy atom. The number of sulfone groups is 1. The van der Waals surface area contributed by atoms with Crippen LogP contribution in [0.4, 0.5) is 5.69 Å². The summed E-state index contributed by atoms with van der Waals surface area (Å²) >= 11 is 1.51. The number of aryl methyl sites for hydroxylation is 3. The normalized spacial score (nSPS) is 11.9. The lowest BCUT2D eigenvalue weighted by molar-refractivity contribution is 0.552. The Bertz CT molecular complexity index is 1180. The van der Waals surface area contributed by atoms with Crippen LogP contribution in [0.3, 0.4) is 0 Å². The van der Waals surface area contributed by atoms with Crippen molar-refractivity contribution in [2.45, 2.75) is 44.8 Å². The minimum Gasteiger partial charge on any atom is -0.366 e. The molecule has 0 amide bonds. The standard InChI is InChI=1S/C24H29N3O2S2/c1-6-27(5)16-25-23-12-18(3)20(11-19(23)4)13-24-26-21(14-30-24)15-31(28,29)22-9-7-17(2)8-10-22/h7-12,14,16H,6,13,15H2,1-5H3/b25-16+. The van der Waals surface area contributed by atoms with E-state index in [1.807, 2.05) is 42.7 Å². The summed E-state index contributed by atoms with van der Waals surface area (Å²) in [6.45, 7) is 9.07. The molecule has 2 aromatic carbocycles. The third-order valence-corrected chi connectivity index (χ3v) is 7.77. The van der Waals surface area contributed by atoms with Crippen molar-refractivity contribution in [3.63, 3.8) is 0 Å². The van der Waals surface area contributed by atoms with Crippen molar-refractivity contribution in [1.82, 2.24) is 9.88 Å². The minimum atomic E-state index is -3.40. The average molecular weight is 456 g/mol. The van der Waals surface area contributed by atoms with Crippen LogP contribution >= 0.6 is 11.3 Å². The summed E-state index contributed by atoms with van der Waals surface area (Å²) < 4.78 is 25.4. The number of hydrogen-bond acceptors (Lipinski definition) is 5. The Labute approximate surface area is 189 Å². The van der Waals surface area contributed by atoms with E-state index in [0.717, 1.165) is 33.9 Å². The molecular formula is C24H29N3O2S2. The van der Waals surface area contributed by atoms with Gasteiger partial charge in [0.1, 0.15) is 0 Å². The van der Waals surface area contributed by atoms with Crippen molar-refractivity contribution in [3.8, 4) is 0 Å². The summed E-state index contributed by atoms with van der Waals surface area (Å²) in [4.78, 5) is 11.6. The molecule has 164 valence electrons. The van der Waals surface area contributed by atoms with Crippen molar-refractivity contribution in [2.75, 3.05) is 13.6 Å². The van der Waals surface area contributed by atoms with Gasteiger partial charge < -0.3 is 4.90 Å².